The Morgan fingerprint density at radius 2 is 1.76 bits per heavy atom. The van der Waals surface area contributed by atoms with Crippen molar-refractivity contribution in [3.8, 4) is 6.01 Å². The number of benzene rings is 1. The number of piperazine rings is 2. The molecule has 45 heavy (non-hydrogen) atoms. The van der Waals surface area contributed by atoms with E-state index in [4.69, 9.17) is 28.8 Å². The second-order valence-corrected chi connectivity index (χ2v) is 13.6. The molecular weight excluding hydrogens is 597 g/mol. The molecule has 3 aliphatic rings. The number of carbonyl (C=O) groups excluding carboxylic acids is 1. The van der Waals surface area contributed by atoms with Crippen LogP contribution in [0.2, 0.25) is 5.15 Å². The summed E-state index contributed by atoms with van der Waals surface area (Å²) in [7, 11) is 0. The molecule has 0 saturated carbocycles. The van der Waals surface area contributed by atoms with Crippen LogP contribution in [0.5, 0.6) is 6.01 Å². The quantitative estimate of drug-likeness (QED) is 0.307. The van der Waals surface area contributed by atoms with Crippen molar-refractivity contribution in [2.75, 3.05) is 57.3 Å². The average Bonchev–Trinajstić information content (AvgIpc) is 3.30. The highest BCUT2D eigenvalue weighted by atomic mass is 35.5. The molecule has 3 aromatic rings. The number of aromatic nitrogens is 3. The summed E-state index contributed by atoms with van der Waals surface area (Å²) < 4.78 is 44.9. The summed E-state index contributed by atoms with van der Waals surface area (Å²) in [6.45, 7) is 10.2. The minimum absolute atomic E-state index is 0.0136. The predicted octanol–water partition coefficient (Wildman–Crippen LogP) is 5.24. The number of nitrogens with zero attached hydrogens (tertiary/aromatic N) is 7. The summed E-state index contributed by atoms with van der Waals surface area (Å²) in [4.78, 5) is 34.1. The fourth-order valence-corrected chi connectivity index (χ4v) is 6.56. The number of ether oxygens (including phenoxy) is 2. The lowest BCUT2D eigenvalue weighted by Crippen LogP contribution is -2.57. The van der Waals surface area contributed by atoms with E-state index >= 15 is 4.39 Å². The molecule has 0 N–H and O–H groups in total. The van der Waals surface area contributed by atoms with Gasteiger partial charge in [-0.1, -0.05) is 48.9 Å². The lowest BCUT2D eigenvalue weighted by atomic mass is 10.1. The van der Waals surface area contributed by atoms with Gasteiger partial charge in [0.25, 0.3) is 0 Å². The number of anilines is 1. The number of pyridine rings is 1. The van der Waals surface area contributed by atoms with Crippen LogP contribution in [0, 0.1) is 11.7 Å². The van der Waals surface area contributed by atoms with E-state index in [1.54, 1.807) is 6.92 Å². The SMILES string of the molecule is [2H]C([2H])([C@@H](C)COc1nc(N2CC3CCC(C2)N3C(=O)OC(C)(C)C)c2cnc(Cl)c(F)c2n1)N1CCN(Cc2ccccc2)CC1. The van der Waals surface area contributed by atoms with Crippen molar-refractivity contribution in [2.24, 2.45) is 5.92 Å². The zero-order chi connectivity index (χ0) is 33.5. The number of hydrogen-bond acceptors (Lipinski definition) is 9. The smallest absolute Gasteiger partial charge is 0.410 e. The first-order valence-corrected chi connectivity index (χ1v) is 16.1. The molecule has 2 aromatic heterocycles. The Kier molecular flexibility index (Phi) is 8.56. The van der Waals surface area contributed by atoms with E-state index in [1.807, 2.05) is 53.7 Å². The van der Waals surface area contributed by atoms with Crippen LogP contribution in [0.25, 0.3) is 10.9 Å². The largest absolute Gasteiger partial charge is 0.463 e. The van der Waals surface area contributed by atoms with E-state index in [2.05, 4.69) is 27.0 Å². The lowest BCUT2D eigenvalue weighted by molar-refractivity contribution is 0.0122. The van der Waals surface area contributed by atoms with Crippen molar-refractivity contribution in [2.45, 2.75) is 64.8 Å². The molecule has 12 heteroatoms. The van der Waals surface area contributed by atoms with Gasteiger partial charge in [0.2, 0.25) is 0 Å². The Bertz CT molecular complexity index is 1580. The Hall–Kier alpha value is -3.28. The molecule has 5 heterocycles. The van der Waals surface area contributed by atoms with Gasteiger partial charge in [0.05, 0.1) is 24.1 Å². The maximum absolute atomic E-state index is 15.3. The van der Waals surface area contributed by atoms with E-state index in [1.165, 1.54) is 11.8 Å². The summed E-state index contributed by atoms with van der Waals surface area (Å²) in [6, 6.07) is 10.0. The molecule has 6 rings (SSSR count). The zero-order valence-electron chi connectivity index (χ0n) is 28.4. The van der Waals surface area contributed by atoms with Gasteiger partial charge in [-0.05, 0) is 39.2 Å². The lowest BCUT2D eigenvalue weighted by Gasteiger charge is -2.42. The van der Waals surface area contributed by atoms with E-state index in [0.29, 0.717) is 37.4 Å². The molecule has 2 unspecified atom stereocenters. The summed E-state index contributed by atoms with van der Waals surface area (Å²) in [5, 5.41) is 0.0835. The van der Waals surface area contributed by atoms with Crippen LogP contribution in [-0.4, -0.2) is 106 Å². The van der Waals surface area contributed by atoms with Crippen molar-refractivity contribution < 1.29 is 21.4 Å². The van der Waals surface area contributed by atoms with Gasteiger partial charge in [0, 0.05) is 67.2 Å². The van der Waals surface area contributed by atoms with Crippen LogP contribution in [0.15, 0.2) is 36.5 Å². The number of rotatable bonds is 8. The van der Waals surface area contributed by atoms with Crippen molar-refractivity contribution in [1.82, 2.24) is 29.7 Å². The molecular formula is C33H43ClFN7O3. The summed E-state index contributed by atoms with van der Waals surface area (Å²) in [5.74, 6) is -0.867. The van der Waals surface area contributed by atoms with Gasteiger partial charge < -0.3 is 19.3 Å². The number of carbonyl (C=O) groups is 1. The minimum atomic E-state index is -1.64. The molecule has 1 amide bonds. The van der Waals surface area contributed by atoms with Crippen LogP contribution < -0.4 is 9.64 Å². The maximum Gasteiger partial charge on any atom is 0.410 e. The summed E-state index contributed by atoms with van der Waals surface area (Å²) >= 11 is 6.05. The fourth-order valence-electron chi connectivity index (χ4n) is 6.42. The minimum Gasteiger partial charge on any atom is -0.463 e. The normalized spacial score (nSPS) is 22.7. The van der Waals surface area contributed by atoms with E-state index in [-0.39, 0.29) is 41.5 Å². The number of amides is 1. The van der Waals surface area contributed by atoms with Gasteiger partial charge in [-0.2, -0.15) is 9.97 Å². The van der Waals surface area contributed by atoms with E-state index in [0.717, 1.165) is 32.5 Å². The first kappa shape index (κ1) is 29.1. The van der Waals surface area contributed by atoms with Crippen LogP contribution in [0.4, 0.5) is 15.0 Å². The van der Waals surface area contributed by atoms with Gasteiger partial charge in [-0.15, -0.1) is 0 Å². The van der Waals surface area contributed by atoms with Crippen LogP contribution in [0.1, 0.15) is 48.8 Å². The van der Waals surface area contributed by atoms with Gasteiger partial charge in [0.15, 0.2) is 11.0 Å². The van der Waals surface area contributed by atoms with Gasteiger partial charge in [-0.25, -0.2) is 14.2 Å². The molecule has 242 valence electrons. The molecule has 3 aliphatic heterocycles. The second kappa shape index (κ2) is 13.2. The number of fused-ring (bicyclic) bond motifs is 3. The number of hydrogen-bond donors (Lipinski definition) is 0. The average molecular weight is 642 g/mol. The molecule has 0 spiro atoms. The maximum atomic E-state index is 15.3. The highest BCUT2D eigenvalue weighted by molar-refractivity contribution is 6.30. The molecule has 3 fully saturated rings. The van der Waals surface area contributed by atoms with Crippen LogP contribution in [-0.2, 0) is 11.3 Å². The summed E-state index contributed by atoms with van der Waals surface area (Å²) in [6.07, 6.45) is 2.76. The highest BCUT2D eigenvalue weighted by Gasteiger charge is 2.45. The predicted molar refractivity (Wildman–Crippen MR) is 172 cm³/mol. The Labute approximate surface area is 272 Å². The molecule has 1 aromatic carbocycles. The van der Waals surface area contributed by atoms with Crippen molar-refractivity contribution >= 4 is 34.4 Å². The van der Waals surface area contributed by atoms with Crippen molar-refractivity contribution in [1.29, 1.82) is 0 Å². The molecule has 0 aliphatic carbocycles. The molecule has 3 atom stereocenters. The highest BCUT2D eigenvalue weighted by Crippen LogP contribution is 2.37. The van der Waals surface area contributed by atoms with Gasteiger partial charge in [0.1, 0.15) is 16.9 Å². The van der Waals surface area contributed by atoms with Gasteiger partial charge in [-0.3, -0.25) is 9.80 Å². The Morgan fingerprint density at radius 3 is 2.42 bits per heavy atom. The first-order chi connectivity index (χ1) is 22.3. The molecule has 3 saturated heterocycles. The summed E-state index contributed by atoms with van der Waals surface area (Å²) in [5.41, 5.74) is 0.623. The molecule has 0 radical (unpaired) electrons. The zero-order valence-corrected chi connectivity index (χ0v) is 27.1. The van der Waals surface area contributed by atoms with Crippen LogP contribution in [0.3, 0.4) is 0 Å². The van der Waals surface area contributed by atoms with Crippen molar-refractivity contribution in [3.63, 3.8) is 0 Å². The van der Waals surface area contributed by atoms with E-state index in [9.17, 15) is 4.79 Å². The third kappa shape index (κ3) is 7.42. The monoisotopic (exact) mass is 641 g/mol. The third-order valence-electron chi connectivity index (χ3n) is 8.47. The molecule has 10 nitrogen and oxygen atoms in total. The second-order valence-electron chi connectivity index (χ2n) is 13.2. The Balaban J connectivity index is 1.15. The number of halogens is 2. The fraction of sp³-hybridized carbons (Fsp3) is 0.576. The standard InChI is InChI=1S/C33H43ClFN7O3/c1-22(17-39-12-14-40(15-13-39)18-23-8-6-5-7-9-23)21-44-31-37-28-26(16-36-29(34)27(28)35)30(38-31)41-19-24-10-11-25(20-41)42(24)32(43)45-33(2,3)4/h5-9,16,22,24-25H,10-15,17-21H2,1-4H3/t22-,24?,25?/m1/s1/i17D2. The van der Waals surface area contributed by atoms with Crippen LogP contribution >= 0.6 is 11.6 Å². The molecule has 2 bridgehead atoms. The first-order valence-electron chi connectivity index (χ1n) is 16.7. The Morgan fingerprint density at radius 1 is 1.09 bits per heavy atom. The third-order valence-corrected chi connectivity index (χ3v) is 8.74. The topological polar surface area (TPSA) is 87.2 Å². The van der Waals surface area contributed by atoms with Gasteiger partial charge >= 0.3 is 12.1 Å². The van der Waals surface area contributed by atoms with E-state index < -0.39 is 23.8 Å². The van der Waals surface area contributed by atoms with Crippen molar-refractivity contribution in [3.05, 3.63) is 53.1 Å².